The van der Waals surface area contributed by atoms with E-state index in [0.717, 1.165) is 5.69 Å². The first-order chi connectivity index (χ1) is 8.66. The fourth-order valence-electron chi connectivity index (χ4n) is 1.30. The van der Waals surface area contributed by atoms with Gasteiger partial charge >= 0.3 is 0 Å². The monoisotopic (exact) mass is 281 g/mol. The highest BCUT2D eigenvalue weighted by Gasteiger charge is 2.12. The Morgan fingerprint density at radius 3 is 2.67 bits per heavy atom. The summed E-state index contributed by atoms with van der Waals surface area (Å²) in [7, 11) is 0. The molecule has 1 heterocycles. The van der Waals surface area contributed by atoms with Crippen molar-refractivity contribution in [2.45, 2.75) is 10.6 Å². The predicted octanol–water partition coefficient (Wildman–Crippen LogP) is 3.33. The van der Waals surface area contributed by atoms with Crippen LogP contribution in [0.5, 0.6) is 0 Å². The van der Waals surface area contributed by atoms with E-state index in [1.54, 1.807) is 30.3 Å². The quantitative estimate of drug-likeness (QED) is 0.488. The number of nitrogens with zero attached hydrogens (tertiary/aromatic N) is 3. The fraction of sp³-hybridized carbons (Fsp3) is 0.0909. The Hall–Kier alpha value is -1.66. The number of benzene rings is 1. The van der Waals surface area contributed by atoms with Crippen molar-refractivity contribution < 1.29 is 4.92 Å². The summed E-state index contributed by atoms with van der Waals surface area (Å²) in [5.74, 6) is 0.509. The van der Waals surface area contributed by atoms with Gasteiger partial charge < -0.3 is 0 Å². The minimum atomic E-state index is -0.393. The molecule has 0 N–H and O–H groups in total. The van der Waals surface area contributed by atoms with Gasteiger partial charge in [-0.05, 0) is 18.2 Å². The van der Waals surface area contributed by atoms with Gasteiger partial charge in [-0.15, -0.1) is 16.9 Å². The zero-order chi connectivity index (χ0) is 13.0. The Labute approximate surface area is 112 Å². The normalized spacial score (nSPS) is 10.3. The van der Waals surface area contributed by atoms with Crippen LogP contribution in [0.15, 0.2) is 41.3 Å². The third-order valence-corrected chi connectivity index (χ3v) is 3.42. The molecule has 0 unspecified atom stereocenters. The van der Waals surface area contributed by atoms with E-state index in [2.05, 4.69) is 10.2 Å². The summed E-state index contributed by atoms with van der Waals surface area (Å²) in [6.07, 6.45) is 0. The Morgan fingerprint density at radius 2 is 2.00 bits per heavy atom. The summed E-state index contributed by atoms with van der Waals surface area (Å²) in [6.45, 7) is 0. The smallest absolute Gasteiger partial charge is 0.258 e. The number of halogens is 1. The molecule has 0 atom stereocenters. The van der Waals surface area contributed by atoms with E-state index >= 15 is 0 Å². The molecule has 0 fully saturated rings. The minimum absolute atomic E-state index is 0.101. The van der Waals surface area contributed by atoms with Crippen LogP contribution in [0.3, 0.4) is 0 Å². The molecule has 0 aliphatic rings. The number of hydrogen-bond acceptors (Lipinski definition) is 5. The molecule has 1 aromatic carbocycles. The lowest BCUT2D eigenvalue weighted by molar-refractivity contribution is -0.387. The molecule has 0 bridgehead atoms. The molecule has 0 aliphatic heterocycles. The van der Waals surface area contributed by atoms with Gasteiger partial charge in [0.05, 0.1) is 15.5 Å². The molecule has 0 radical (unpaired) electrons. The Kier molecular flexibility index (Phi) is 4.11. The van der Waals surface area contributed by atoms with Gasteiger partial charge in [0.1, 0.15) is 0 Å². The molecule has 2 rings (SSSR count). The lowest BCUT2D eigenvalue weighted by Gasteiger charge is -2.02. The van der Waals surface area contributed by atoms with Gasteiger partial charge in [-0.3, -0.25) is 10.1 Å². The first-order valence-electron chi connectivity index (χ1n) is 5.01. The molecular formula is C11H8ClN3O2S. The molecule has 18 heavy (non-hydrogen) atoms. The summed E-state index contributed by atoms with van der Waals surface area (Å²) in [6, 6.07) is 10.00. The van der Waals surface area contributed by atoms with Gasteiger partial charge in [0.25, 0.3) is 5.69 Å². The SMILES string of the molecule is O=[N+]([O-])c1ccccc1SCc1ccc(Cl)nn1. The zero-order valence-electron chi connectivity index (χ0n) is 9.12. The largest absolute Gasteiger partial charge is 0.282 e. The van der Waals surface area contributed by atoms with E-state index in [-0.39, 0.29) is 5.69 Å². The number of para-hydroxylation sites is 1. The lowest BCUT2D eigenvalue weighted by atomic mass is 10.3. The molecule has 0 saturated heterocycles. The topological polar surface area (TPSA) is 68.9 Å². The first-order valence-corrected chi connectivity index (χ1v) is 6.37. The first kappa shape index (κ1) is 12.8. The van der Waals surface area contributed by atoms with Gasteiger partial charge in [0.2, 0.25) is 0 Å². The van der Waals surface area contributed by atoms with Crippen LogP contribution in [0.2, 0.25) is 5.15 Å². The second-order valence-electron chi connectivity index (χ2n) is 3.36. The van der Waals surface area contributed by atoms with E-state index in [4.69, 9.17) is 11.6 Å². The summed E-state index contributed by atoms with van der Waals surface area (Å²) >= 11 is 6.97. The van der Waals surface area contributed by atoms with Crippen molar-refractivity contribution in [2.75, 3.05) is 0 Å². The predicted molar refractivity (Wildman–Crippen MR) is 69.7 cm³/mol. The standard InChI is InChI=1S/C11H8ClN3O2S/c12-11-6-5-8(13-14-11)7-18-10-4-2-1-3-9(10)15(16)17/h1-6H,7H2. The van der Waals surface area contributed by atoms with Crippen molar-refractivity contribution in [3.05, 3.63) is 57.4 Å². The number of aromatic nitrogens is 2. The van der Waals surface area contributed by atoms with Gasteiger partial charge in [-0.1, -0.05) is 23.7 Å². The molecule has 0 spiro atoms. The second kappa shape index (κ2) is 5.79. The molecule has 0 amide bonds. The van der Waals surface area contributed by atoms with E-state index in [1.807, 2.05) is 0 Å². The maximum absolute atomic E-state index is 10.8. The van der Waals surface area contributed by atoms with Crippen molar-refractivity contribution in [1.29, 1.82) is 0 Å². The number of nitro groups is 1. The Bertz CT molecular complexity index is 562. The average molecular weight is 282 g/mol. The van der Waals surface area contributed by atoms with Crippen molar-refractivity contribution in [3.63, 3.8) is 0 Å². The Morgan fingerprint density at radius 1 is 1.22 bits per heavy atom. The van der Waals surface area contributed by atoms with Crippen molar-refractivity contribution in [3.8, 4) is 0 Å². The Balaban J connectivity index is 2.10. The summed E-state index contributed by atoms with van der Waals surface area (Å²) in [4.78, 5) is 11.0. The highest BCUT2D eigenvalue weighted by molar-refractivity contribution is 7.98. The van der Waals surface area contributed by atoms with E-state index in [0.29, 0.717) is 15.8 Å². The zero-order valence-corrected chi connectivity index (χ0v) is 10.7. The summed E-state index contributed by atoms with van der Waals surface area (Å²) in [5.41, 5.74) is 0.826. The molecule has 2 aromatic rings. The molecule has 5 nitrogen and oxygen atoms in total. The van der Waals surface area contributed by atoms with Crippen LogP contribution in [0.25, 0.3) is 0 Å². The molecule has 1 aromatic heterocycles. The maximum atomic E-state index is 10.8. The van der Waals surface area contributed by atoms with Crippen LogP contribution in [-0.4, -0.2) is 15.1 Å². The van der Waals surface area contributed by atoms with Gasteiger partial charge in [0, 0.05) is 11.8 Å². The summed E-state index contributed by atoms with van der Waals surface area (Å²) < 4.78 is 0. The van der Waals surface area contributed by atoms with Crippen LogP contribution in [0.1, 0.15) is 5.69 Å². The van der Waals surface area contributed by atoms with E-state index < -0.39 is 4.92 Å². The number of hydrogen-bond donors (Lipinski definition) is 0. The molecule has 92 valence electrons. The third kappa shape index (κ3) is 3.18. The number of nitro benzene ring substituents is 1. The van der Waals surface area contributed by atoms with Gasteiger partial charge in [-0.25, -0.2) is 0 Å². The number of thioether (sulfide) groups is 1. The third-order valence-electron chi connectivity index (χ3n) is 2.12. The molecule has 0 aliphatic carbocycles. The molecular weight excluding hydrogens is 274 g/mol. The molecule has 7 heteroatoms. The van der Waals surface area contributed by atoms with Crippen LogP contribution in [-0.2, 0) is 5.75 Å². The van der Waals surface area contributed by atoms with Crippen molar-refractivity contribution >= 4 is 29.1 Å². The van der Waals surface area contributed by atoms with Crippen LogP contribution >= 0.6 is 23.4 Å². The van der Waals surface area contributed by atoms with Gasteiger partial charge in [0.15, 0.2) is 5.15 Å². The van der Waals surface area contributed by atoms with Crippen LogP contribution < -0.4 is 0 Å². The van der Waals surface area contributed by atoms with E-state index in [1.165, 1.54) is 17.8 Å². The van der Waals surface area contributed by atoms with Crippen LogP contribution in [0, 0.1) is 10.1 Å². The average Bonchev–Trinajstić information content (AvgIpc) is 2.38. The fourth-order valence-corrected chi connectivity index (χ4v) is 2.33. The molecule has 0 saturated carbocycles. The van der Waals surface area contributed by atoms with Crippen LogP contribution in [0.4, 0.5) is 5.69 Å². The highest BCUT2D eigenvalue weighted by atomic mass is 35.5. The number of rotatable bonds is 4. The lowest BCUT2D eigenvalue weighted by Crippen LogP contribution is -1.93. The van der Waals surface area contributed by atoms with Crippen molar-refractivity contribution in [1.82, 2.24) is 10.2 Å². The highest BCUT2D eigenvalue weighted by Crippen LogP contribution is 2.30. The minimum Gasteiger partial charge on any atom is -0.258 e. The van der Waals surface area contributed by atoms with E-state index in [9.17, 15) is 10.1 Å². The summed E-state index contributed by atoms with van der Waals surface area (Å²) in [5, 5.41) is 18.8. The maximum Gasteiger partial charge on any atom is 0.282 e. The van der Waals surface area contributed by atoms with Gasteiger partial charge in [-0.2, -0.15) is 5.10 Å². The van der Waals surface area contributed by atoms with Crippen molar-refractivity contribution in [2.24, 2.45) is 0 Å². The second-order valence-corrected chi connectivity index (χ2v) is 4.77.